The Balaban J connectivity index is 1.63. The number of rotatable bonds is 5. The number of aryl methyl sites for hydroxylation is 1. The smallest absolute Gasteiger partial charge is 0.0513 e. The second kappa shape index (κ2) is 6.65. The Kier molecular flexibility index (Phi) is 4.64. The maximum atomic E-state index is 3.77. The number of hydrogen-bond acceptors (Lipinski definition) is 1. The van der Waals surface area contributed by atoms with Crippen LogP contribution in [-0.2, 0) is 13.0 Å². The Labute approximate surface area is 128 Å². The van der Waals surface area contributed by atoms with Crippen LogP contribution in [0.5, 0.6) is 0 Å². The molecule has 0 bridgehead atoms. The molecule has 0 amide bonds. The summed E-state index contributed by atoms with van der Waals surface area (Å²) in [5.41, 5.74) is 2.89. The van der Waals surface area contributed by atoms with Gasteiger partial charge < -0.3 is 9.88 Å². The molecular weight excluding hydrogens is 256 g/mol. The number of nitrogens with zero attached hydrogens (tertiary/aromatic N) is 1. The van der Waals surface area contributed by atoms with Crippen molar-refractivity contribution < 1.29 is 0 Å². The van der Waals surface area contributed by atoms with Gasteiger partial charge in [-0.25, -0.2) is 0 Å². The molecule has 1 N–H and O–H groups in total. The average Bonchev–Trinajstić information content (AvgIpc) is 2.91. The fourth-order valence-corrected chi connectivity index (χ4v) is 3.82. The minimum absolute atomic E-state index is 0.737. The number of para-hydroxylation sites is 1. The molecule has 1 aromatic carbocycles. The molecule has 0 aliphatic heterocycles. The Bertz CT molecular complexity index is 584. The van der Waals surface area contributed by atoms with Crippen molar-refractivity contribution in [2.45, 2.75) is 58.5 Å². The van der Waals surface area contributed by atoms with E-state index in [2.05, 4.69) is 54.2 Å². The Morgan fingerprint density at radius 1 is 1.24 bits per heavy atom. The van der Waals surface area contributed by atoms with Gasteiger partial charge in [-0.05, 0) is 42.2 Å². The van der Waals surface area contributed by atoms with Crippen molar-refractivity contribution in [1.29, 1.82) is 0 Å². The molecule has 2 heteroatoms. The second-order valence-corrected chi connectivity index (χ2v) is 6.64. The third-order valence-electron chi connectivity index (χ3n) is 4.98. The highest BCUT2D eigenvalue weighted by atomic mass is 15.0. The first-order valence-electron chi connectivity index (χ1n) is 8.58. The molecule has 21 heavy (non-hydrogen) atoms. The number of nitrogens with one attached hydrogen (secondary N) is 1. The second-order valence-electron chi connectivity index (χ2n) is 6.64. The predicted octanol–water partition coefficient (Wildman–Crippen LogP) is 4.37. The van der Waals surface area contributed by atoms with E-state index < -0.39 is 0 Å². The van der Waals surface area contributed by atoms with Crippen LogP contribution < -0.4 is 5.32 Å². The summed E-state index contributed by atoms with van der Waals surface area (Å²) in [4.78, 5) is 0. The van der Waals surface area contributed by atoms with Crippen molar-refractivity contribution >= 4 is 10.9 Å². The summed E-state index contributed by atoms with van der Waals surface area (Å²) >= 11 is 0. The lowest BCUT2D eigenvalue weighted by Crippen LogP contribution is -2.35. The van der Waals surface area contributed by atoms with Crippen LogP contribution in [0.2, 0.25) is 0 Å². The molecule has 1 aromatic heterocycles. The van der Waals surface area contributed by atoms with E-state index in [1.807, 2.05) is 0 Å². The molecule has 1 aliphatic rings. The van der Waals surface area contributed by atoms with Gasteiger partial charge in [-0.15, -0.1) is 0 Å². The molecular formula is C19H28N2. The third-order valence-corrected chi connectivity index (χ3v) is 4.98. The fourth-order valence-electron chi connectivity index (χ4n) is 3.82. The molecule has 114 valence electrons. The molecule has 2 unspecified atom stereocenters. The summed E-state index contributed by atoms with van der Waals surface area (Å²) in [5, 5.41) is 5.15. The van der Waals surface area contributed by atoms with Crippen LogP contribution in [0.25, 0.3) is 10.9 Å². The van der Waals surface area contributed by atoms with Gasteiger partial charge in [0.2, 0.25) is 0 Å². The SMILES string of the molecule is CCc1cccc2ccn(CCNC3CCCC(C)C3)c12. The molecule has 1 aliphatic carbocycles. The Morgan fingerprint density at radius 3 is 2.95 bits per heavy atom. The van der Waals surface area contributed by atoms with Gasteiger partial charge >= 0.3 is 0 Å². The summed E-state index contributed by atoms with van der Waals surface area (Å²) in [7, 11) is 0. The van der Waals surface area contributed by atoms with Crippen molar-refractivity contribution in [3.8, 4) is 0 Å². The van der Waals surface area contributed by atoms with Crippen LogP contribution in [0, 0.1) is 5.92 Å². The van der Waals surface area contributed by atoms with Gasteiger partial charge in [0.1, 0.15) is 0 Å². The number of aromatic nitrogens is 1. The van der Waals surface area contributed by atoms with Gasteiger partial charge in [-0.2, -0.15) is 0 Å². The molecule has 2 nitrogen and oxygen atoms in total. The number of fused-ring (bicyclic) bond motifs is 1. The third kappa shape index (κ3) is 3.32. The van der Waals surface area contributed by atoms with E-state index in [1.165, 1.54) is 42.1 Å². The van der Waals surface area contributed by atoms with Crippen LogP contribution in [0.1, 0.15) is 45.1 Å². The van der Waals surface area contributed by atoms with E-state index in [0.29, 0.717) is 0 Å². The topological polar surface area (TPSA) is 17.0 Å². The lowest BCUT2D eigenvalue weighted by Gasteiger charge is -2.27. The van der Waals surface area contributed by atoms with Crippen LogP contribution in [0.3, 0.4) is 0 Å². The molecule has 1 heterocycles. The minimum atomic E-state index is 0.737. The van der Waals surface area contributed by atoms with Gasteiger partial charge in [0.15, 0.2) is 0 Å². The van der Waals surface area contributed by atoms with Gasteiger partial charge in [0.05, 0.1) is 5.52 Å². The van der Waals surface area contributed by atoms with Gasteiger partial charge in [0, 0.05) is 25.3 Å². The summed E-state index contributed by atoms with van der Waals surface area (Å²) in [5.74, 6) is 0.898. The predicted molar refractivity (Wildman–Crippen MR) is 90.7 cm³/mol. The van der Waals surface area contributed by atoms with Gasteiger partial charge in [0.25, 0.3) is 0 Å². The molecule has 1 saturated carbocycles. The van der Waals surface area contributed by atoms with Crippen molar-refractivity contribution in [3.05, 3.63) is 36.0 Å². The van der Waals surface area contributed by atoms with Crippen LogP contribution >= 0.6 is 0 Å². The Morgan fingerprint density at radius 2 is 2.14 bits per heavy atom. The van der Waals surface area contributed by atoms with Crippen LogP contribution in [0.4, 0.5) is 0 Å². The molecule has 1 fully saturated rings. The summed E-state index contributed by atoms with van der Waals surface area (Å²) < 4.78 is 2.42. The van der Waals surface area contributed by atoms with Gasteiger partial charge in [-0.3, -0.25) is 0 Å². The monoisotopic (exact) mass is 284 g/mol. The molecule has 2 atom stereocenters. The average molecular weight is 284 g/mol. The van der Waals surface area contributed by atoms with Crippen LogP contribution in [0.15, 0.2) is 30.5 Å². The molecule has 3 rings (SSSR count). The van der Waals surface area contributed by atoms with E-state index >= 15 is 0 Å². The summed E-state index contributed by atoms with van der Waals surface area (Å²) in [6.07, 6.45) is 8.87. The zero-order chi connectivity index (χ0) is 14.7. The van der Waals surface area contributed by atoms with Crippen LogP contribution in [-0.4, -0.2) is 17.2 Å². The van der Waals surface area contributed by atoms with Crippen molar-refractivity contribution in [1.82, 2.24) is 9.88 Å². The summed E-state index contributed by atoms with van der Waals surface area (Å²) in [6.45, 7) is 6.79. The number of hydrogen-bond donors (Lipinski definition) is 1. The maximum absolute atomic E-state index is 3.77. The van der Waals surface area contributed by atoms with E-state index in [9.17, 15) is 0 Å². The molecule has 0 saturated heterocycles. The molecule has 0 spiro atoms. The fraction of sp³-hybridized carbons (Fsp3) is 0.579. The van der Waals surface area contributed by atoms with Crippen molar-refractivity contribution in [3.63, 3.8) is 0 Å². The summed E-state index contributed by atoms with van der Waals surface area (Å²) in [6, 6.07) is 9.64. The van der Waals surface area contributed by atoms with E-state index in [0.717, 1.165) is 31.5 Å². The lowest BCUT2D eigenvalue weighted by molar-refractivity contribution is 0.299. The van der Waals surface area contributed by atoms with Crippen molar-refractivity contribution in [2.75, 3.05) is 6.54 Å². The largest absolute Gasteiger partial charge is 0.346 e. The van der Waals surface area contributed by atoms with E-state index in [1.54, 1.807) is 0 Å². The quantitative estimate of drug-likeness (QED) is 0.862. The van der Waals surface area contributed by atoms with Crippen molar-refractivity contribution in [2.24, 2.45) is 5.92 Å². The highest BCUT2D eigenvalue weighted by molar-refractivity contribution is 5.83. The zero-order valence-electron chi connectivity index (χ0n) is 13.4. The molecule has 0 radical (unpaired) electrons. The lowest BCUT2D eigenvalue weighted by atomic mass is 9.87. The standard InChI is InChI=1S/C19H28N2/c1-3-16-7-5-8-17-10-12-21(19(16)17)13-11-20-18-9-4-6-15(2)14-18/h5,7-8,10,12,15,18,20H,3-4,6,9,11,13-14H2,1-2H3. The number of benzene rings is 1. The normalized spacial score (nSPS) is 22.8. The molecule has 2 aromatic rings. The first-order valence-corrected chi connectivity index (χ1v) is 8.58. The first kappa shape index (κ1) is 14.6. The van der Waals surface area contributed by atoms with E-state index in [-0.39, 0.29) is 0 Å². The maximum Gasteiger partial charge on any atom is 0.0513 e. The highest BCUT2D eigenvalue weighted by Gasteiger charge is 2.17. The highest BCUT2D eigenvalue weighted by Crippen LogP contribution is 2.24. The van der Waals surface area contributed by atoms with E-state index in [4.69, 9.17) is 0 Å². The van der Waals surface area contributed by atoms with Gasteiger partial charge in [-0.1, -0.05) is 44.9 Å². The Hall–Kier alpha value is -1.28. The first-order chi connectivity index (χ1) is 10.3. The zero-order valence-corrected chi connectivity index (χ0v) is 13.4. The minimum Gasteiger partial charge on any atom is -0.346 e.